The van der Waals surface area contributed by atoms with Crippen molar-refractivity contribution in [2.24, 2.45) is 5.92 Å². The number of anilines is 2. The molecule has 3 aromatic rings. The Hall–Kier alpha value is -4.10. The summed E-state index contributed by atoms with van der Waals surface area (Å²) in [6, 6.07) is 5.32. The van der Waals surface area contributed by atoms with Gasteiger partial charge in [0.25, 0.3) is 0 Å². The third-order valence-electron chi connectivity index (χ3n) is 9.66. The third-order valence-corrected chi connectivity index (χ3v) is 9.66. The number of aliphatic hydroxyl groups excluding tert-OH is 2. The molecule has 0 aliphatic carbocycles. The molecule has 282 valence electrons. The number of piperazine rings is 1. The molecule has 2 aromatic carbocycles. The minimum atomic E-state index is -4.67. The number of esters is 1. The number of benzene rings is 2. The van der Waals surface area contributed by atoms with Crippen molar-refractivity contribution in [3.63, 3.8) is 0 Å². The summed E-state index contributed by atoms with van der Waals surface area (Å²) < 4.78 is 104. The van der Waals surface area contributed by atoms with Crippen LogP contribution in [0.5, 0.6) is 5.75 Å². The van der Waals surface area contributed by atoms with Crippen molar-refractivity contribution in [3.05, 3.63) is 77.3 Å². The Morgan fingerprint density at radius 3 is 2.12 bits per heavy atom. The van der Waals surface area contributed by atoms with E-state index in [4.69, 9.17) is 4.74 Å². The Labute approximate surface area is 294 Å². The number of halogens is 7. The molecule has 3 aliphatic heterocycles. The maximum atomic E-state index is 13.9. The van der Waals surface area contributed by atoms with Gasteiger partial charge in [-0.15, -0.1) is 0 Å². The predicted octanol–water partition coefficient (Wildman–Crippen LogP) is 3.71. The smallest absolute Gasteiger partial charge is 0.416 e. The van der Waals surface area contributed by atoms with E-state index >= 15 is 0 Å². The molecule has 4 atom stereocenters. The van der Waals surface area contributed by atoms with E-state index in [1.807, 2.05) is 0 Å². The maximum absolute atomic E-state index is 13.9. The number of nitrogens with zero attached hydrogens (tertiary/aromatic N) is 5. The highest BCUT2D eigenvalue weighted by Crippen LogP contribution is 2.30. The molecule has 3 fully saturated rings. The minimum Gasteiger partial charge on any atom is -0.416 e. The van der Waals surface area contributed by atoms with E-state index in [0.29, 0.717) is 18.7 Å². The Bertz CT molecular complexity index is 1680. The lowest BCUT2D eigenvalue weighted by atomic mass is 9.95. The zero-order valence-corrected chi connectivity index (χ0v) is 27.7. The molecule has 11 nitrogen and oxygen atoms in total. The van der Waals surface area contributed by atoms with Crippen LogP contribution in [0.1, 0.15) is 28.9 Å². The van der Waals surface area contributed by atoms with Crippen molar-refractivity contribution in [1.82, 2.24) is 19.8 Å². The first-order valence-corrected chi connectivity index (χ1v) is 16.7. The van der Waals surface area contributed by atoms with Crippen molar-refractivity contribution in [2.75, 3.05) is 69.2 Å². The Morgan fingerprint density at radius 2 is 1.50 bits per heavy atom. The van der Waals surface area contributed by atoms with Crippen LogP contribution in [-0.4, -0.2) is 119 Å². The van der Waals surface area contributed by atoms with Crippen LogP contribution in [0.2, 0.25) is 0 Å². The number of aromatic nitrogens is 2. The summed E-state index contributed by atoms with van der Waals surface area (Å²) in [6.07, 6.45) is -4.36. The molecule has 3 saturated heterocycles. The maximum Gasteiger partial charge on any atom is 0.434 e. The highest BCUT2D eigenvalue weighted by molar-refractivity contribution is 5.91. The number of ether oxygens (including phenoxy) is 2. The molecule has 18 heteroatoms. The first-order valence-electron chi connectivity index (χ1n) is 16.7. The number of hydrogen-bond donors (Lipinski definition) is 3. The lowest BCUT2D eigenvalue weighted by molar-refractivity contribution is -0.148. The molecule has 0 bridgehead atoms. The average molecular weight is 743 g/mol. The van der Waals surface area contributed by atoms with Gasteiger partial charge in [-0.3, -0.25) is 9.88 Å². The summed E-state index contributed by atoms with van der Waals surface area (Å²) in [5, 5.41) is 24.1. The molecule has 3 N–H and O–H groups in total. The van der Waals surface area contributed by atoms with Crippen LogP contribution in [0.25, 0.3) is 0 Å². The van der Waals surface area contributed by atoms with Crippen LogP contribution in [0, 0.1) is 29.2 Å². The summed E-state index contributed by atoms with van der Waals surface area (Å²) in [4.78, 5) is 26.2. The van der Waals surface area contributed by atoms with Gasteiger partial charge in [-0.1, -0.05) is 0 Å². The Morgan fingerprint density at radius 1 is 0.885 bits per heavy atom. The molecule has 6 rings (SSSR count). The lowest BCUT2D eigenvalue weighted by Gasteiger charge is -2.43. The topological polar surface area (TPSA) is 124 Å². The van der Waals surface area contributed by atoms with Gasteiger partial charge in [0, 0.05) is 64.1 Å². The molecule has 1 aromatic heterocycles. The molecule has 3 aliphatic rings. The quantitative estimate of drug-likeness (QED) is 0.129. The van der Waals surface area contributed by atoms with Crippen molar-refractivity contribution in [3.8, 4) is 5.75 Å². The van der Waals surface area contributed by atoms with Gasteiger partial charge in [0.15, 0.2) is 17.3 Å². The first-order chi connectivity index (χ1) is 24.8. The summed E-state index contributed by atoms with van der Waals surface area (Å²) in [6.45, 7) is 5.84. The van der Waals surface area contributed by atoms with Crippen LogP contribution in [0.15, 0.2) is 42.7 Å². The molecule has 0 radical (unpaired) electrons. The zero-order chi connectivity index (χ0) is 37.2. The fraction of sp³-hybridized carbons (Fsp3) is 0.500. The van der Waals surface area contributed by atoms with Gasteiger partial charge < -0.3 is 34.8 Å². The van der Waals surface area contributed by atoms with Crippen molar-refractivity contribution < 1.29 is 55.2 Å². The molecule has 0 amide bonds. The van der Waals surface area contributed by atoms with Gasteiger partial charge in [0.05, 0.1) is 36.7 Å². The average Bonchev–Trinajstić information content (AvgIpc) is 3.13. The van der Waals surface area contributed by atoms with Gasteiger partial charge in [0.1, 0.15) is 18.0 Å². The number of alkyl halides is 3. The number of carbonyl (C=O) groups is 1. The second kappa shape index (κ2) is 15.9. The van der Waals surface area contributed by atoms with Gasteiger partial charge in [-0.2, -0.15) is 22.0 Å². The Kier molecular flexibility index (Phi) is 11.5. The fourth-order valence-electron chi connectivity index (χ4n) is 6.68. The fourth-order valence-corrected chi connectivity index (χ4v) is 6.68. The van der Waals surface area contributed by atoms with Gasteiger partial charge >= 0.3 is 12.1 Å². The number of hydrogen-bond acceptors (Lipinski definition) is 11. The Balaban J connectivity index is 0.908. The van der Waals surface area contributed by atoms with E-state index in [-0.39, 0.29) is 24.1 Å². The highest BCUT2D eigenvalue weighted by atomic mass is 19.4. The molecule has 4 heterocycles. The van der Waals surface area contributed by atoms with Gasteiger partial charge in [0.2, 0.25) is 17.4 Å². The second-order valence-corrected chi connectivity index (χ2v) is 13.2. The SMILES string of the molecule is O=C(Oc1c(F)c(F)cc(F)c1F)c1ccc(N2CCC(CN3CCN(C[C@H]4OC[C@H](Nc5cncc(C(F)(F)F)n5)[C@@H](O)[C@H]4O)CC3)CC2)cc1. The normalized spacial score (nSPS) is 23.8. The molecule has 0 saturated carbocycles. The van der Waals surface area contributed by atoms with E-state index in [0.717, 1.165) is 70.5 Å². The van der Waals surface area contributed by atoms with E-state index < -0.39 is 71.2 Å². The lowest BCUT2D eigenvalue weighted by Crippen LogP contribution is -2.59. The highest BCUT2D eigenvalue weighted by Gasteiger charge is 2.40. The van der Waals surface area contributed by atoms with Crippen molar-refractivity contribution in [1.29, 1.82) is 0 Å². The first kappa shape index (κ1) is 37.7. The van der Waals surface area contributed by atoms with Gasteiger partial charge in [-0.05, 0) is 43.0 Å². The monoisotopic (exact) mass is 742 g/mol. The molecule has 0 unspecified atom stereocenters. The summed E-state index contributed by atoms with van der Waals surface area (Å²) in [5.74, 6) is -9.30. The number of aliphatic hydroxyl groups is 2. The van der Waals surface area contributed by atoms with Crippen LogP contribution in [-0.2, 0) is 10.9 Å². The third kappa shape index (κ3) is 8.74. The standard InChI is InChI=1S/C34H37F7N6O5/c35-22-13-23(36)29(38)32(28(22)37)52-33(50)20-1-3-21(4-2-20)47-7-5-19(6-8-47)16-45-9-11-46(12-10-45)17-25-31(49)30(48)24(18-51-25)43-27-15-42-14-26(44-27)34(39,40)41/h1-4,13-15,19,24-25,30-31,48-49H,5-12,16-18H2,(H,43,44)/t24-,25+,30+,31-/m0/s1. The van der Waals surface area contributed by atoms with E-state index in [2.05, 4.69) is 34.7 Å². The van der Waals surface area contributed by atoms with Crippen LogP contribution in [0.3, 0.4) is 0 Å². The predicted molar refractivity (Wildman–Crippen MR) is 172 cm³/mol. The molecular weight excluding hydrogens is 705 g/mol. The van der Waals surface area contributed by atoms with E-state index in [1.165, 1.54) is 12.1 Å². The van der Waals surface area contributed by atoms with Crippen LogP contribution < -0.4 is 15.0 Å². The van der Waals surface area contributed by atoms with Crippen molar-refractivity contribution >= 4 is 17.5 Å². The molecular formula is C34H37F7N6O5. The molecule has 0 spiro atoms. The number of rotatable bonds is 9. The van der Waals surface area contributed by atoms with Gasteiger partial charge in [-0.25, -0.2) is 18.6 Å². The van der Waals surface area contributed by atoms with E-state index in [1.54, 1.807) is 12.1 Å². The van der Waals surface area contributed by atoms with Crippen LogP contribution >= 0.6 is 0 Å². The number of carbonyl (C=O) groups excluding carboxylic acids is 1. The minimum absolute atomic E-state index is 0.0289. The van der Waals surface area contributed by atoms with Crippen LogP contribution in [0.4, 0.5) is 42.2 Å². The summed E-state index contributed by atoms with van der Waals surface area (Å²) in [7, 11) is 0. The number of nitrogens with one attached hydrogen (secondary N) is 1. The largest absolute Gasteiger partial charge is 0.434 e. The molecule has 52 heavy (non-hydrogen) atoms. The van der Waals surface area contributed by atoms with E-state index in [9.17, 15) is 45.7 Å². The second-order valence-electron chi connectivity index (χ2n) is 13.2. The summed E-state index contributed by atoms with van der Waals surface area (Å²) >= 11 is 0. The number of piperidine rings is 1. The van der Waals surface area contributed by atoms with Crippen molar-refractivity contribution in [2.45, 2.75) is 43.4 Å². The summed E-state index contributed by atoms with van der Waals surface area (Å²) in [5.41, 5.74) is -0.390. The zero-order valence-electron chi connectivity index (χ0n) is 27.7.